The normalized spacial score (nSPS) is 19.3. The zero-order valence-corrected chi connectivity index (χ0v) is 13.5. The van der Waals surface area contributed by atoms with Crippen LogP contribution in [-0.2, 0) is 0 Å². The molecule has 112 valence electrons. The van der Waals surface area contributed by atoms with Gasteiger partial charge in [0, 0.05) is 11.1 Å². The van der Waals surface area contributed by atoms with Gasteiger partial charge in [0.25, 0.3) is 0 Å². The fraction of sp³-hybridized carbons (Fsp3) is 0.667. The second-order valence-corrected chi connectivity index (χ2v) is 6.47. The monoisotopic (exact) mass is 293 g/mol. The molecule has 1 aliphatic carbocycles. The molecule has 2 rings (SSSR count). The van der Waals surface area contributed by atoms with Crippen LogP contribution < -0.4 is 5.32 Å². The minimum Gasteiger partial charge on any atom is -0.310 e. The minimum atomic E-state index is 0.432. The SMILES string of the molecule is CCCNC(c1ccccc1Cl)C1CCCCCCC1. The average Bonchev–Trinajstić information content (AvgIpc) is 2.42. The average molecular weight is 294 g/mol. The molecule has 1 aromatic carbocycles. The Labute approximate surface area is 129 Å². The smallest absolute Gasteiger partial charge is 0.0453 e. The van der Waals surface area contributed by atoms with Gasteiger partial charge in [-0.3, -0.25) is 0 Å². The molecule has 1 atom stereocenters. The van der Waals surface area contributed by atoms with Crippen LogP contribution in [0.4, 0.5) is 0 Å². The van der Waals surface area contributed by atoms with Crippen molar-refractivity contribution in [2.75, 3.05) is 6.54 Å². The van der Waals surface area contributed by atoms with Crippen LogP contribution in [0.25, 0.3) is 0 Å². The van der Waals surface area contributed by atoms with Crippen molar-refractivity contribution in [2.24, 2.45) is 5.92 Å². The van der Waals surface area contributed by atoms with E-state index < -0.39 is 0 Å². The molecule has 2 heteroatoms. The maximum Gasteiger partial charge on any atom is 0.0453 e. The highest BCUT2D eigenvalue weighted by molar-refractivity contribution is 6.31. The van der Waals surface area contributed by atoms with Gasteiger partial charge in [-0.05, 0) is 43.4 Å². The van der Waals surface area contributed by atoms with Crippen LogP contribution in [0.15, 0.2) is 24.3 Å². The molecule has 0 aromatic heterocycles. The maximum absolute atomic E-state index is 6.45. The van der Waals surface area contributed by atoms with Crippen LogP contribution in [0.1, 0.15) is 69.9 Å². The molecular formula is C18H28ClN. The molecule has 0 saturated heterocycles. The summed E-state index contributed by atoms with van der Waals surface area (Å²) in [7, 11) is 0. The minimum absolute atomic E-state index is 0.432. The summed E-state index contributed by atoms with van der Waals surface area (Å²) in [5.41, 5.74) is 1.30. The van der Waals surface area contributed by atoms with E-state index in [4.69, 9.17) is 11.6 Å². The number of benzene rings is 1. The van der Waals surface area contributed by atoms with Crippen molar-refractivity contribution in [3.63, 3.8) is 0 Å². The molecule has 1 saturated carbocycles. The van der Waals surface area contributed by atoms with Crippen LogP contribution in [-0.4, -0.2) is 6.54 Å². The maximum atomic E-state index is 6.45. The summed E-state index contributed by atoms with van der Waals surface area (Å²) in [6.45, 7) is 3.31. The topological polar surface area (TPSA) is 12.0 Å². The van der Waals surface area contributed by atoms with Gasteiger partial charge in [-0.25, -0.2) is 0 Å². The molecule has 1 aromatic rings. The zero-order valence-electron chi connectivity index (χ0n) is 12.7. The largest absolute Gasteiger partial charge is 0.310 e. The Bertz CT molecular complexity index is 383. The third-order valence-electron chi connectivity index (χ3n) is 4.48. The van der Waals surface area contributed by atoms with Gasteiger partial charge in [0.05, 0.1) is 0 Å². The van der Waals surface area contributed by atoms with E-state index in [1.54, 1.807) is 0 Å². The number of halogens is 1. The first-order chi connectivity index (χ1) is 9.83. The lowest BCUT2D eigenvalue weighted by Gasteiger charge is -2.30. The summed E-state index contributed by atoms with van der Waals surface area (Å²) in [5.74, 6) is 0.738. The van der Waals surface area contributed by atoms with Gasteiger partial charge in [-0.15, -0.1) is 0 Å². The molecule has 0 aliphatic heterocycles. The van der Waals surface area contributed by atoms with Crippen LogP contribution in [0.5, 0.6) is 0 Å². The standard InChI is InChI=1S/C18H28ClN/c1-2-14-20-18(16-12-8-9-13-17(16)19)15-10-6-4-3-5-7-11-15/h8-9,12-13,15,18,20H,2-7,10-11,14H2,1H3. The van der Waals surface area contributed by atoms with Gasteiger partial charge in [0.1, 0.15) is 0 Å². The first-order valence-corrected chi connectivity index (χ1v) is 8.68. The molecule has 1 nitrogen and oxygen atoms in total. The predicted octanol–water partition coefficient (Wildman–Crippen LogP) is 5.74. The van der Waals surface area contributed by atoms with E-state index in [-0.39, 0.29) is 0 Å². The molecule has 0 radical (unpaired) electrons. The van der Waals surface area contributed by atoms with Crippen molar-refractivity contribution in [2.45, 2.75) is 64.3 Å². The molecule has 1 unspecified atom stereocenters. The molecule has 0 spiro atoms. The van der Waals surface area contributed by atoms with E-state index in [0.29, 0.717) is 6.04 Å². The van der Waals surface area contributed by atoms with Crippen molar-refractivity contribution < 1.29 is 0 Å². The Morgan fingerprint density at radius 2 is 1.75 bits per heavy atom. The quantitative estimate of drug-likeness (QED) is 0.730. The highest BCUT2D eigenvalue weighted by Gasteiger charge is 2.24. The molecule has 0 bridgehead atoms. The second kappa shape index (κ2) is 8.69. The Kier molecular flexibility index (Phi) is 6.89. The summed E-state index contributed by atoms with van der Waals surface area (Å²) >= 11 is 6.45. The van der Waals surface area contributed by atoms with Crippen molar-refractivity contribution in [3.8, 4) is 0 Å². The van der Waals surface area contributed by atoms with Crippen LogP contribution in [0.2, 0.25) is 5.02 Å². The summed E-state index contributed by atoms with van der Waals surface area (Å²) in [4.78, 5) is 0. The summed E-state index contributed by atoms with van der Waals surface area (Å²) in [6.07, 6.45) is 10.8. The number of nitrogens with one attached hydrogen (secondary N) is 1. The van der Waals surface area contributed by atoms with Crippen LogP contribution >= 0.6 is 11.6 Å². The van der Waals surface area contributed by atoms with Crippen molar-refractivity contribution in [3.05, 3.63) is 34.9 Å². The molecule has 1 N–H and O–H groups in total. The van der Waals surface area contributed by atoms with Gasteiger partial charge >= 0.3 is 0 Å². The fourth-order valence-corrected chi connectivity index (χ4v) is 3.63. The second-order valence-electron chi connectivity index (χ2n) is 6.06. The molecule has 1 fully saturated rings. The third kappa shape index (κ3) is 4.49. The Balaban J connectivity index is 2.14. The van der Waals surface area contributed by atoms with Gasteiger partial charge < -0.3 is 5.32 Å². The molecular weight excluding hydrogens is 266 g/mol. The van der Waals surface area contributed by atoms with E-state index in [0.717, 1.165) is 17.5 Å². The van der Waals surface area contributed by atoms with E-state index in [1.807, 2.05) is 12.1 Å². The van der Waals surface area contributed by atoms with E-state index in [2.05, 4.69) is 24.4 Å². The fourth-order valence-electron chi connectivity index (χ4n) is 3.38. The van der Waals surface area contributed by atoms with Gasteiger partial charge in [-0.1, -0.05) is 68.8 Å². The summed E-state index contributed by atoms with van der Waals surface area (Å²) in [5, 5.41) is 4.68. The molecule has 0 heterocycles. The first-order valence-electron chi connectivity index (χ1n) is 8.30. The zero-order chi connectivity index (χ0) is 14.2. The number of hydrogen-bond donors (Lipinski definition) is 1. The van der Waals surface area contributed by atoms with Gasteiger partial charge in [0.2, 0.25) is 0 Å². The summed E-state index contributed by atoms with van der Waals surface area (Å²) in [6, 6.07) is 8.81. The Hall–Kier alpha value is -0.530. The highest BCUT2D eigenvalue weighted by Crippen LogP contribution is 2.35. The highest BCUT2D eigenvalue weighted by atomic mass is 35.5. The first kappa shape index (κ1) is 15.9. The lowest BCUT2D eigenvalue weighted by atomic mass is 9.82. The Morgan fingerprint density at radius 3 is 2.40 bits per heavy atom. The van der Waals surface area contributed by atoms with Crippen molar-refractivity contribution in [1.29, 1.82) is 0 Å². The van der Waals surface area contributed by atoms with Crippen LogP contribution in [0.3, 0.4) is 0 Å². The lowest BCUT2D eigenvalue weighted by Crippen LogP contribution is -2.30. The predicted molar refractivity (Wildman–Crippen MR) is 88.3 cm³/mol. The van der Waals surface area contributed by atoms with Gasteiger partial charge in [-0.2, -0.15) is 0 Å². The van der Waals surface area contributed by atoms with E-state index in [1.165, 1.54) is 56.9 Å². The van der Waals surface area contributed by atoms with E-state index >= 15 is 0 Å². The van der Waals surface area contributed by atoms with Gasteiger partial charge in [0.15, 0.2) is 0 Å². The summed E-state index contributed by atoms with van der Waals surface area (Å²) < 4.78 is 0. The number of rotatable bonds is 5. The molecule has 1 aliphatic rings. The van der Waals surface area contributed by atoms with Crippen molar-refractivity contribution >= 4 is 11.6 Å². The lowest BCUT2D eigenvalue weighted by molar-refractivity contribution is 0.289. The third-order valence-corrected chi connectivity index (χ3v) is 4.82. The molecule has 20 heavy (non-hydrogen) atoms. The van der Waals surface area contributed by atoms with Crippen LogP contribution in [0, 0.1) is 5.92 Å². The van der Waals surface area contributed by atoms with Crippen molar-refractivity contribution in [1.82, 2.24) is 5.32 Å². The van der Waals surface area contributed by atoms with E-state index in [9.17, 15) is 0 Å². The number of hydrogen-bond acceptors (Lipinski definition) is 1. The Morgan fingerprint density at radius 1 is 1.10 bits per heavy atom. The molecule has 0 amide bonds.